The second-order valence-electron chi connectivity index (χ2n) is 4.84. The molecule has 0 saturated carbocycles. The van der Waals surface area contributed by atoms with E-state index in [4.69, 9.17) is 27.9 Å². The first-order valence-electron chi connectivity index (χ1n) is 6.60. The predicted octanol–water partition coefficient (Wildman–Crippen LogP) is 2.50. The van der Waals surface area contributed by atoms with Gasteiger partial charge in [-0.3, -0.25) is 9.69 Å². The molecule has 0 radical (unpaired) electrons. The maximum absolute atomic E-state index is 12.0. The molecule has 1 N–H and O–H groups in total. The summed E-state index contributed by atoms with van der Waals surface area (Å²) in [4.78, 5) is 14.1. The molecule has 0 unspecified atom stereocenters. The fourth-order valence-corrected chi connectivity index (χ4v) is 2.75. The van der Waals surface area contributed by atoms with Gasteiger partial charge in [0.1, 0.15) is 0 Å². The predicted molar refractivity (Wildman–Crippen MR) is 80.3 cm³/mol. The Labute approximate surface area is 129 Å². The van der Waals surface area contributed by atoms with Crippen molar-refractivity contribution in [1.82, 2.24) is 10.2 Å². The maximum atomic E-state index is 12.0. The minimum atomic E-state index is -0.145. The SMILES string of the molecule is C[C@@H](NC(=O)CN1CCOCC1)c1ccc(Cl)cc1Cl. The Kier molecular flexibility index (Phi) is 5.66. The Bertz CT molecular complexity index is 476. The summed E-state index contributed by atoms with van der Waals surface area (Å²) in [6, 6.07) is 5.15. The quantitative estimate of drug-likeness (QED) is 0.928. The van der Waals surface area contributed by atoms with Gasteiger partial charge < -0.3 is 10.1 Å². The van der Waals surface area contributed by atoms with Crippen LogP contribution >= 0.6 is 23.2 Å². The highest BCUT2D eigenvalue weighted by atomic mass is 35.5. The monoisotopic (exact) mass is 316 g/mol. The number of carbonyl (C=O) groups is 1. The Morgan fingerprint density at radius 2 is 2.10 bits per heavy atom. The lowest BCUT2D eigenvalue weighted by Crippen LogP contribution is -2.43. The average molecular weight is 317 g/mol. The molecule has 1 aliphatic rings. The van der Waals surface area contributed by atoms with Gasteiger partial charge in [-0.25, -0.2) is 0 Å². The van der Waals surface area contributed by atoms with Crippen molar-refractivity contribution in [2.75, 3.05) is 32.8 Å². The first kappa shape index (κ1) is 15.6. The molecular weight excluding hydrogens is 299 g/mol. The van der Waals surface area contributed by atoms with Gasteiger partial charge in [0, 0.05) is 23.1 Å². The average Bonchev–Trinajstić information content (AvgIpc) is 2.39. The van der Waals surface area contributed by atoms with Crippen molar-refractivity contribution in [1.29, 1.82) is 0 Å². The number of benzene rings is 1. The van der Waals surface area contributed by atoms with Crippen LogP contribution in [0.5, 0.6) is 0 Å². The zero-order chi connectivity index (χ0) is 14.5. The summed E-state index contributed by atoms with van der Waals surface area (Å²) in [6.07, 6.45) is 0. The number of halogens is 2. The van der Waals surface area contributed by atoms with Crippen molar-refractivity contribution in [2.24, 2.45) is 0 Å². The van der Waals surface area contributed by atoms with Crippen LogP contribution in [0, 0.1) is 0 Å². The van der Waals surface area contributed by atoms with Crippen LogP contribution in [0.1, 0.15) is 18.5 Å². The number of hydrogen-bond donors (Lipinski definition) is 1. The molecule has 0 bridgehead atoms. The molecule has 0 aliphatic carbocycles. The van der Waals surface area contributed by atoms with E-state index in [-0.39, 0.29) is 11.9 Å². The van der Waals surface area contributed by atoms with Crippen molar-refractivity contribution >= 4 is 29.1 Å². The summed E-state index contributed by atoms with van der Waals surface area (Å²) in [7, 11) is 0. The van der Waals surface area contributed by atoms with Crippen molar-refractivity contribution in [2.45, 2.75) is 13.0 Å². The Morgan fingerprint density at radius 3 is 2.75 bits per heavy atom. The lowest BCUT2D eigenvalue weighted by Gasteiger charge is -2.26. The van der Waals surface area contributed by atoms with E-state index in [0.29, 0.717) is 29.8 Å². The number of nitrogens with zero attached hydrogens (tertiary/aromatic N) is 1. The van der Waals surface area contributed by atoms with Crippen molar-refractivity contribution < 1.29 is 9.53 Å². The first-order chi connectivity index (χ1) is 9.56. The van der Waals surface area contributed by atoms with E-state index in [2.05, 4.69) is 10.2 Å². The van der Waals surface area contributed by atoms with E-state index in [1.807, 2.05) is 13.0 Å². The van der Waals surface area contributed by atoms with Gasteiger partial charge in [0.2, 0.25) is 5.91 Å². The summed E-state index contributed by atoms with van der Waals surface area (Å²) < 4.78 is 5.26. The number of ether oxygens (including phenoxy) is 1. The second kappa shape index (κ2) is 7.27. The summed E-state index contributed by atoms with van der Waals surface area (Å²) in [5, 5.41) is 4.11. The largest absolute Gasteiger partial charge is 0.379 e. The van der Waals surface area contributed by atoms with Crippen LogP contribution in [0.3, 0.4) is 0 Å². The zero-order valence-electron chi connectivity index (χ0n) is 11.4. The number of nitrogens with one attached hydrogen (secondary N) is 1. The zero-order valence-corrected chi connectivity index (χ0v) is 12.9. The minimum Gasteiger partial charge on any atom is -0.379 e. The van der Waals surface area contributed by atoms with Crippen LogP contribution in [0.15, 0.2) is 18.2 Å². The second-order valence-corrected chi connectivity index (χ2v) is 5.69. The first-order valence-corrected chi connectivity index (χ1v) is 7.36. The number of hydrogen-bond acceptors (Lipinski definition) is 3. The smallest absolute Gasteiger partial charge is 0.234 e. The molecule has 1 fully saturated rings. The summed E-state index contributed by atoms with van der Waals surface area (Å²) in [5.41, 5.74) is 0.867. The molecule has 1 amide bonds. The van der Waals surface area contributed by atoms with Gasteiger partial charge in [-0.15, -0.1) is 0 Å². The van der Waals surface area contributed by atoms with E-state index in [1.165, 1.54) is 0 Å². The molecule has 110 valence electrons. The molecule has 1 aliphatic heterocycles. The van der Waals surface area contributed by atoms with Gasteiger partial charge in [-0.05, 0) is 24.6 Å². The van der Waals surface area contributed by atoms with Gasteiger partial charge in [-0.1, -0.05) is 29.3 Å². The lowest BCUT2D eigenvalue weighted by atomic mass is 10.1. The Hall–Kier alpha value is -0.810. The number of amides is 1. The molecule has 1 atom stereocenters. The van der Waals surface area contributed by atoms with E-state index in [1.54, 1.807) is 12.1 Å². The maximum Gasteiger partial charge on any atom is 0.234 e. The third kappa shape index (κ3) is 4.35. The molecule has 0 aromatic heterocycles. The lowest BCUT2D eigenvalue weighted by molar-refractivity contribution is -0.123. The molecule has 2 rings (SSSR count). The molecule has 1 heterocycles. The summed E-state index contributed by atoms with van der Waals surface area (Å²) in [5.74, 6) is -0.00887. The summed E-state index contributed by atoms with van der Waals surface area (Å²) >= 11 is 12.0. The summed E-state index contributed by atoms with van der Waals surface area (Å²) in [6.45, 7) is 5.26. The fraction of sp³-hybridized carbons (Fsp3) is 0.500. The van der Waals surface area contributed by atoms with Gasteiger partial charge in [0.05, 0.1) is 25.8 Å². The number of rotatable bonds is 4. The molecule has 4 nitrogen and oxygen atoms in total. The molecule has 1 aromatic carbocycles. The Morgan fingerprint density at radius 1 is 1.40 bits per heavy atom. The number of morpholine rings is 1. The molecule has 1 saturated heterocycles. The van der Waals surface area contributed by atoms with Crippen molar-refractivity contribution in [3.05, 3.63) is 33.8 Å². The van der Waals surface area contributed by atoms with Crippen LogP contribution in [0.25, 0.3) is 0 Å². The highest BCUT2D eigenvalue weighted by Gasteiger charge is 2.17. The Balaban J connectivity index is 1.89. The number of carbonyl (C=O) groups excluding carboxylic acids is 1. The van der Waals surface area contributed by atoms with E-state index < -0.39 is 0 Å². The minimum absolute atomic E-state index is 0.00887. The van der Waals surface area contributed by atoms with E-state index >= 15 is 0 Å². The van der Waals surface area contributed by atoms with Crippen LogP contribution in [-0.2, 0) is 9.53 Å². The van der Waals surface area contributed by atoms with Gasteiger partial charge >= 0.3 is 0 Å². The third-order valence-corrected chi connectivity index (χ3v) is 3.84. The standard InChI is InChI=1S/C14H18Cl2N2O2/c1-10(12-3-2-11(15)8-13(12)16)17-14(19)9-18-4-6-20-7-5-18/h2-3,8,10H,4-7,9H2,1H3,(H,17,19)/t10-/m1/s1. The van der Waals surface area contributed by atoms with Crippen LogP contribution < -0.4 is 5.32 Å². The highest BCUT2D eigenvalue weighted by Crippen LogP contribution is 2.25. The molecule has 20 heavy (non-hydrogen) atoms. The topological polar surface area (TPSA) is 41.6 Å². The van der Waals surface area contributed by atoms with Crippen LogP contribution in [0.4, 0.5) is 0 Å². The molecular formula is C14H18Cl2N2O2. The van der Waals surface area contributed by atoms with Crippen LogP contribution in [-0.4, -0.2) is 43.7 Å². The molecule has 6 heteroatoms. The fourth-order valence-electron chi connectivity index (χ4n) is 2.18. The molecule has 1 aromatic rings. The highest BCUT2D eigenvalue weighted by molar-refractivity contribution is 6.35. The molecule has 0 spiro atoms. The van der Waals surface area contributed by atoms with Crippen molar-refractivity contribution in [3.63, 3.8) is 0 Å². The van der Waals surface area contributed by atoms with Gasteiger partial charge in [0.25, 0.3) is 0 Å². The van der Waals surface area contributed by atoms with Crippen molar-refractivity contribution in [3.8, 4) is 0 Å². The third-order valence-electron chi connectivity index (χ3n) is 3.28. The van der Waals surface area contributed by atoms with Gasteiger partial charge in [0.15, 0.2) is 0 Å². The normalized spacial score (nSPS) is 17.8. The van der Waals surface area contributed by atoms with Gasteiger partial charge in [-0.2, -0.15) is 0 Å². The van der Waals surface area contributed by atoms with Crippen LogP contribution in [0.2, 0.25) is 10.0 Å². The van der Waals surface area contributed by atoms with E-state index in [9.17, 15) is 4.79 Å². The van der Waals surface area contributed by atoms with E-state index in [0.717, 1.165) is 18.7 Å².